The monoisotopic (exact) mass is 256 g/mol. The zero-order valence-corrected chi connectivity index (χ0v) is 9.69. The third-order valence-electron chi connectivity index (χ3n) is 2.48. The maximum absolute atomic E-state index is 11.0. The minimum absolute atomic E-state index is 0.116. The van der Waals surface area contributed by atoms with E-state index < -0.39 is 18.0 Å². The van der Waals surface area contributed by atoms with Gasteiger partial charge in [0.15, 0.2) is 5.69 Å². The number of rotatable bonds is 2. The second-order valence-electron chi connectivity index (χ2n) is 3.65. The molecule has 1 heterocycles. The number of esters is 1. The van der Waals surface area contributed by atoms with Crippen molar-refractivity contribution < 1.29 is 19.4 Å². The third kappa shape index (κ3) is 2.21. The summed E-state index contributed by atoms with van der Waals surface area (Å²) in [5, 5.41) is 8.83. The summed E-state index contributed by atoms with van der Waals surface area (Å²) in [4.78, 5) is 29.5. The quantitative estimate of drug-likeness (QED) is 0.635. The minimum atomic E-state index is -1.16. The van der Waals surface area contributed by atoms with Gasteiger partial charge < -0.3 is 9.84 Å². The number of aromatic nitrogens is 2. The van der Waals surface area contributed by atoms with Gasteiger partial charge in [-0.25, -0.2) is 14.8 Å². The highest BCUT2D eigenvalue weighted by Gasteiger charge is 2.32. The average molecular weight is 257 g/mol. The number of carbonyl (C=O) groups excluding carboxylic acids is 1. The molecule has 0 saturated heterocycles. The van der Waals surface area contributed by atoms with Gasteiger partial charge in [0.05, 0.1) is 5.69 Å². The lowest BCUT2D eigenvalue weighted by Crippen LogP contribution is -2.11. The SMILES string of the molecule is CC(=O)OC1CCc2c(C(=O)O)nc(Cl)nc21. The largest absolute Gasteiger partial charge is 0.476 e. The van der Waals surface area contributed by atoms with Gasteiger partial charge in [-0.1, -0.05) is 0 Å². The van der Waals surface area contributed by atoms with Crippen LogP contribution in [0.15, 0.2) is 0 Å². The van der Waals surface area contributed by atoms with E-state index in [-0.39, 0.29) is 11.0 Å². The molecule has 6 nitrogen and oxygen atoms in total. The Hall–Kier alpha value is -1.69. The Morgan fingerprint density at radius 3 is 2.76 bits per heavy atom. The highest BCUT2D eigenvalue weighted by Crippen LogP contribution is 2.34. The number of carboxylic acid groups (broad SMARTS) is 1. The van der Waals surface area contributed by atoms with Crippen LogP contribution in [0.25, 0.3) is 0 Å². The van der Waals surface area contributed by atoms with E-state index in [4.69, 9.17) is 21.4 Å². The fourth-order valence-electron chi connectivity index (χ4n) is 1.89. The summed E-state index contributed by atoms with van der Waals surface area (Å²) in [6.45, 7) is 1.29. The summed E-state index contributed by atoms with van der Waals surface area (Å²) in [5.41, 5.74) is 0.778. The molecule has 0 aromatic carbocycles. The molecule has 0 bridgehead atoms. The summed E-state index contributed by atoms with van der Waals surface area (Å²) < 4.78 is 5.05. The van der Waals surface area contributed by atoms with E-state index >= 15 is 0 Å². The normalized spacial score (nSPS) is 17.6. The number of hydrogen-bond acceptors (Lipinski definition) is 5. The Balaban J connectivity index is 2.46. The van der Waals surface area contributed by atoms with Gasteiger partial charge >= 0.3 is 11.9 Å². The fraction of sp³-hybridized carbons (Fsp3) is 0.400. The number of aromatic carboxylic acids is 1. The van der Waals surface area contributed by atoms with Gasteiger partial charge in [-0.15, -0.1) is 0 Å². The lowest BCUT2D eigenvalue weighted by molar-refractivity contribution is -0.146. The predicted octanol–water partition coefficient (Wildman–Crippen LogP) is 1.38. The van der Waals surface area contributed by atoms with Gasteiger partial charge in [-0.3, -0.25) is 4.79 Å². The molecule has 0 aliphatic heterocycles. The van der Waals surface area contributed by atoms with Crippen molar-refractivity contribution in [2.75, 3.05) is 0 Å². The van der Waals surface area contributed by atoms with Crippen molar-refractivity contribution in [3.05, 3.63) is 22.2 Å². The van der Waals surface area contributed by atoms with E-state index in [0.717, 1.165) is 0 Å². The molecule has 1 N–H and O–H groups in total. The Kier molecular flexibility index (Phi) is 2.97. The topological polar surface area (TPSA) is 89.4 Å². The summed E-state index contributed by atoms with van der Waals surface area (Å²) in [6, 6.07) is 0. The molecule has 0 fully saturated rings. The summed E-state index contributed by atoms with van der Waals surface area (Å²) in [7, 11) is 0. The summed E-state index contributed by atoms with van der Waals surface area (Å²) in [5.74, 6) is -1.59. The first kappa shape index (κ1) is 11.8. The van der Waals surface area contributed by atoms with Crippen molar-refractivity contribution in [2.24, 2.45) is 0 Å². The molecule has 0 radical (unpaired) electrons. The van der Waals surface area contributed by atoms with Crippen LogP contribution >= 0.6 is 11.6 Å². The lowest BCUT2D eigenvalue weighted by Gasteiger charge is -2.11. The van der Waals surface area contributed by atoms with E-state index in [1.54, 1.807) is 0 Å². The van der Waals surface area contributed by atoms with Crippen LogP contribution in [-0.2, 0) is 16.0 Å². The molecule has 0 saturated carbocycles. The molecule has 1 aliphatic carbocycles. The Morgan fingerprint density at radius 1 is 1.47 bits per heavy atom. The molecule has 1 aromatic heterocycles. The highest BCUT2D eigenvalue weighted by atomic mass is 35.5. The molecule has 1 aliphatic rings. The molecule has 1 atom stereocenters. The number of fused-ring (bicyclic) bond motifs is 1. The number of nitrogens with zero attached hydrogens (tertiary/aromatic N) is 2. The van der Waals surface area contributed by atoms with Crippen LogP contribution in [0.2, 0.25) is 5.28 Å². The van der Waals surface area contributed by atoms with Crippen LogP contribution in [0.4, 0.5) is 0 Å². The van der Waals surface area contributed by atoms with Crippen molar-refractivity contribution in [3.8, 4) is 0 Å². The van der Waals surface area contributed by atoms with Crippen molar-refractivity contribution in [1.82, 2.24) is 9.97 Å². The van der Waals surface area contributed by atoms with Crippen LogP contribution in [0.1, 0.15) is 41.2 Å². The number of carboxylic acids is 1. The Labute approximate surface area is 102 Å². The fourth-order valence-corrected chi connectivity index (χ4v) is 2.07. The van der Waals surface area contributed by atoms with Gasteiger partial charge in [-0.05, 0) is 24.4 Å². The number of ether oxygens (including phenoxy) is 1. The van der Waals surface area contributed by atoms with Crippen molar-refractivity contribution >= 4 is 23.5 Å². The molecule has 0 amide bonds. The van der Waals surface area contributed by atoms with Crippen LogP contribution in [0.5, 0.6) is 0 Å². The molecular weight excluding hydrogens is 248 g/mol. The maximum Gasteiger partial charge on any atom is 0.354 e. The first-order valence-electron chi connectivity index (χ1n) is 4.96. The van der Waals surface area contributed by atoms with Crippen molar-refractivity contribution in [2.45, 2.75) is 25.9 Å². The Bertz CT molecular complexity index is 503. The second kappa shape index (κ2) is 4.29. The van der Waals surface area contributed by atoms with E-state index in [1.165, 1.54) is 6.92 Å². The first-order chi connectivity index (χ1) is 7.99. The average Bonchev–Trinajstić information content (AvgIpc) is 2.59. The number of carbonyl (C=O) groups is 2. The van der Waals surface area contributed by atoms with E-state index in [9.17, 15) is 9.59 Å². The van der Waals surface area contributed by atoms with Gasteiger partial charge in [0.2, 0.25) is 5.28 Å². The highest BCUT2D eigenvalue weighted by molar-refractivity contribution is 6.28. The van der Waals surface area contributed by atoms with Gasteiger partial charge in [0.25, 0.3) is 0 Å². The minimum Gasteiger partial charge on any atom is -0.476 e. The van der Waals surface area contributed by atoms with Gasteiger partial charge in [0.1, 0.15) is 6.10 Å². The summed E-state index contributed by atoms with van der Waals surface area (Å²) in [6.07, 6.45) is 0.442. The molecule has 1 unspecified atom stereocenters. The number of hydrogen-bond donors (Lipinski definition) is 1. The molecule has 17 heavy (non-hydrogen) atoms. The molecule has 1 aromatic rings. The zero-order chi connectivity index (χ0) is 12.6. The molecule has 7 heteroatoms. The third-order valence-corrected chi connectivity index (χ3v) is 2.65. The van der Waals surface area contributed by atoms with E-state index in [0.29, 0.717) is 24.1 Å². The first-order valence-corrected chi connectivity index (χ1v) is 5.33. The molecule has 0 spiro atoms. The summed E-state index contributed by atoms with van der Waals surface area (Å²) >= 11 is 5.65. The zero-order valence-electron chi connectivity index (χ0n) is 8.94. The second-order valence-corrected chi connectivity index (χ2v) is 3.99. The van der Waals surface area contributed by atoms with E-state index in [2.05, 4.69) is 9.97 Å². The standard InChI is InChI=1S/C10H9ClN2O4/c1-4(14)17-6-3-2-5-7(6)12-10(11)13-8(5)9(15)16/h6H,2-3H2,1H3,(H,15,16). The van der Waals surface area contributed by atoms with Crippen LogP contribution in [-0.4, -0.2) is 27.0 Å². The van der Waals surface area contributed by atoms with E-state index in [1.807, 2.05) is 0 Å². The Morgan fingerprint density at radius 2 is 2.18 bits per heavy atom. The predicted molar refractivity (Wildman–Crippen MR) is 56.8 cm³/mol. The van der Waals surface area contributed by atoms with Crippen LogP contribution in [0.3, 0.4) is 0 Å². The van der Waals surface area contributed by atoms with Crippen LogP contribution < -0.4 is 0 Å². The van der Waals surface area contributed by atoms with Crippen molar-refractivity contribution in [1.29, 1.82) is 0 Å². The molecule has 90 valence electrons. The van der Waals surface area contributed by atoms with Crippen LogP contribution in [0, 0.1) is 0 Å². The van der Waals surface area contributed by atoms with Gasteiger partial charge in [0, 0.05) is 12.5 Å². The lowest BCUT2D eigenvalue weighted by atomic mass is 10.2. The molecule has 2 rings (SSSR count). The molecular formula is C10H9ClN2O4. The number of halogens is 1. The van der Waals surface area contributed by atoms with Gasteiger partial charge in [-0.2, -0.15) is 0 Å². The smallest absolute Gasteiger partial charge is 0.354 e. The maximum atomic E-state index is 11.0. The van der Waals surface area contributed by atoms with Crippen molar-refractivity contribution in [3.63, 3.8) is 0 Å².